The van der Waals surface area contributed by atoms with E-state index in [4.69, 9.17) is 0 Å². The van der Waals surface area contributed by atoms with Crippen molar-refractivity contribution in [1.82, 2.24) is 10.3 Å². The number of hydrogen-bond acceptors (Lipinski definition) is 3. The molecule has 0 bridgehead atoms. The molecule has 2 aromatic carbocycles. The first-order valence-electron chi connectivity index (χ1n) is 9.41. The van der Waals surface area contributed by atoms with Crippen molar-refractivity contribution in [1.29, 1.82) is 0 Å². The Morgan fingerprint density at radius 1 is 0.929 bits per heavy atom. The molecule has 1 amide bonds. The number of carbonyl (C=O) groups is 1. The molecule has 28 heavy (non-hydrogen) atoms. The molecule has 0 aliphatic rings. The topological polar surface area (TPSA) is 42.0 Å². The van der Waals surface area contributed by atoms with E-state index in [1.807, 2.05) is 42.5 Å². The molecule has 0 aliphatic heterocycles. The van der Waals surface area contributed by atoms with E-state index in [0.717, 1.165) is 16.0 Å². The fraction of sp³-hybridized carbons (Fsp3) is 0.250. The standard InChI is InChI=1S/C24H26N2OS/c1-24(2,3)20-9-11-21(12-10-20)28-17-22(27)26-23(18-7-5-4-6-8-18)19-13-15-25-16-14-19/h4-16,23H,17H2,1-3H3,(H,26,27). The number of carbonyl (C=O) groups excluding carboxylic acids is 1. The molecule has 3 nitrogen and oxygen atoms in total. The maximum absolute atomic E-state index is 12.7. The summed E-state index contributed by atoms with van der Waals surface area (Å²) >= 11 is 1.56. The van der Waals surface area contributed by atoms with Gasteiger partial charge in [-0.25, -0.2) is 0 Å². The van der Waals surface area contributed by atoms with Crippen LogP contribution in [0.3, 0.4) is 0 Å². The molecule has 0 fully saturated rings. The molecule has 3 rings (SSSR count). The van der Waals surface area contributed by atoms with Crippen LogP contribution >= 0.6 is 11.8 Å². The average Bonchev–Trinajstić information content (AvgIpc) is 2.71. The molecule has 3 aromatic rings. The summed E-state index contributed by atoms with van der Waals surface area (Å²) in [7, 11) is 0. The smallest absolute Gasteiger partial charge is 0.231 e. The van der Waals surface area contributed by atoms with Gasteiger partial charge in [-0.2, -0.15) is 0 Å². The molecule has 1 aromatic heterocycles. The summed E-state index contributed by atoms with van der Waals surface area (Å²) in [4.78, 5) is 17.8. The van der Waals surface area contributed by atoms with E-state index in [1.54, 1.807) is 24.2 Å². The van der Waals surface area contributed by atoms with Crippen LogP contribution in [0, 0.1) is 0 Å². The summed E-state index contributed by atoms with van der Waals surface area (Å²) in [6.45, 7) is 6.60. The Hall–Kier alpha value is -2.59. The average molecular weight is 391 g/mol. The first-order valence-corrected chi connectivity index (χ1v) is 10.4. The number of hydrogen-bond donors (Lipinski definition) is 1. The van der Waals surface area contributed by atoms with Gasteiger partial charge in [0.25, 0.3) is 0 Å². The fourth-order valence-corrected chi connectivity index (χ4v) is 3.67. The van der Waals surface area contributed by atoms with E-state index in [1.165, 1.54) is 5.56 Å². The van der Waals surface area contributed by atoms with Crippen molar-refractivity contribution in [2.75, 3.05) is 5.75 Å². The van der Waals surface area contributed by atoms with Crippen molar-refractivity contribution in [3.8, 4) is 0 Å². The molecular weight excluding hydrogens is 364 g/mol. The zero-order valence-corrected chi connectivity index (χ0v) is 17.4. The lowest BCUT2D eigenvalue weighted by Crippen LogP contribution is -2.30. The van der Waals surface area contributed by atoms with Crippen molar-refractivity contribution in [2.24, 2.45) is 0 Å². The highest BCUT2D eigenvalue weighted by atomic mass is 32.2. The van der Waals surface area contributed by atoms with Crippen molar-refractivity contribution < 1.29 is 4.79 Å². The van der Waals surface area contributed by atoms with Gasteiger partial charge in [0, 0.05) is 17.3 Å². The summed E-state index contributed by atoms with van der Waals surface area (Å²) in [6, 6.07) is 22.2. The van der Waals surface area contributed by atoms with Crippen LogP contribution in [0.1, 0.15) is 43.5 Å². The number of aromatic nitrogens is 1. The van der Waals surface area contributed by atoms with E-state index in [9.17, 15) is 4.79 Å². The zero-order valence-electron chi connectivity index (χ0n) is 16.6. The summed E-state index contributed by atoms with van der Waals surface area (Å²) in [5, 5.41) is 3.17. The van der Waals surface area contributed by atoms with Crippen LogP contribution < -0.4 is 5.32 Å². The first-order chi connectivity index (χ1) is 13.4. The minimum atomic E-state index is -0.180. The highest BCUT2D eigenvalue weighted by Gasteiger charge is 2.17. The molecule has 1 unspecified atom stereocenters. The van der Waals surface area contributed by atoms with Crippen LogP contribution in [0.15, 0.2) is 84.0 Å². The first kappa shape index (κ1) is 20.2. The van der Waals surface area contributed by atoms with Gasteiger partial charge in [-0.1, -0.05) is 63.2 Å². The van der Waals surface area contributed by atoms with Crippen LogP contribution in [-0.4, -0.2) is 16.6 Å². The van der Waals surface area contributed by atoms with Gasteiger partial charge in [0.15, 0.2) is 0 Å². The van der Waals surface area contributed by atoms with E-state index >= 15 is 0 Å². The van der Waals surface area contributed by atoms with Crippen molar-refractivity contribution in [3.05, 3.63) is 95.8 Å². The molecule has 0 spiro atoms. The van der Waals surface area contributed by atoms with Gasteiger partial charge in [-0.05, 0) is 46.4 Å². The Kier molecular flexibility index (Phi) is 6.53. The number of rotatable bonds is 6. The van der Waals surface area contributed by atoms with E-state index < -0.39 is 0 Å². The number of benzene rings is 2. The predicted octanol–water partition coefficient (Wildman–Crippen LogP) is 5.38. The molecular formula is C24H26N2OS. The Morgan fingerprint density at radius 3 is 2.14 bits per heavy atom. The minimum absolute atomic E-state index is 0.00978. The Morgan fingerprint density at radius 2 is 1.54 bits per heavy atom. The molecule has 144 valence electrons. The third-order valence-corrected chi connectivity index (χ3v) is 5.58. The Labute approximate surface area is 171 Å². The SMILES string of the molecule is CC(C)(C)c1ccc(SCC(=O)NC(c2ccccc2)c2ccncc2)cc1. The fourth-order valence-electron chi connectivity index (χ4n) is 2.96. The summed E-state index contributed by atoms with van der Waals surface area (Å²) < 4.78 is 0. The third-order valence-electron chi connectivity index (χ3n) is 4.57. The van der Waals surface area contributed by atoms with Crippen LogP contribution in [0.25, 0.3) is 0 Å². The highest BCUT2D eigenvalue weighted by Crippen LogP contribution is 2.26. The number of nitrogens with zero attached hydrogens (tertiary/aromatic N) is 1. The van der Waals surface area contributed by atoms with Gasteiger partial charge < -0.3 is 5.32 Å². The molecule has 1 atom stereocenters. The lowest BCUT2D eigenvalue weighted by atomic mass is 9.87. The van der Waals surface area contributed by atoms with Crippen LogP contribution in [0.2, 0.25) is 0 Å². The Balaban J connectivity index is 1.66. The number of amides is 1. The van der Waals surface area contributed by atoms with Crippen molar-refractivity contribution in [3.63, 3.8) is 0 Å². The molecule has 0 aliphatic carbocycles. The number of thioether (sulfide) groups is 1. The minimum Gasteiger partial charge on any atom is -0.344 e. The van der Waals surface area contributed by atoms with Crippen molar-refractivity contribution >= 4 is 17.7 Å². The summed E-state index contributed by atoms with van der Waals surface area (Å²) in [5.74, 6) is 0.388. The molecule has 0 saturated carbocycles. The molecule has 0 radical (unpaired) electrons. The summed E-state index contributed by atoms with van der Waals surface area (Å²) in [6.07, 6.45) is 3.51. The summed E-state index contributed by atoms with van der Waals surface area (Å²) in [5.41, 5.74) is 3.51. The lowest BCUT2D eigenvalue weighted by Gasteiger charge is -2.20. The molecule has 0 saturated heterocycles. The van der Waals surface area contributed by atoms with Gasteiger partial charge in [0.1, 0.15) is 0 Å². The zero-order chi connectivity index (χ0) is 20.0. The van der Waals surface area contributed by atoms with E-state index in [0.29, 0.717) is 5.75 Å². The second-order valence-corrected chi connectivity index (χ2v) is 8.80. The normalized spacial score (nSPS) is 12.4. The molecule has 1 heterocycles. The van der Waals surface area contributed by atoms with Gasteiger partial charge in [0.2, 0.25) is 5.91 Å². The lowest BCUT2D eigenvalue weighted by molar-refractivity contribution is -0.119. The van der Waals surface area contributed by atoms with Crippen molar-refractivity contribution in [2.45, 2.75) is 37.1 Å². The second kappa shape index (κ2) is 9.07. The Bertz CT molecular complexity index is 848. The number of nitrogens with one attached hydrogen (secondary N) is 1. The second-order valence-electron chi connectivity index (χ2n) is 7.75. The van der Waals surface area contributed by atoms with Gasteiger partial charge >= 0.3 is 0 Å². The van der Waals surface area contributed by atoms with Crippen LogP contribution in [0.5, 0.6) is 0 Å². The molecule has 1 N–H and O–H groups in total. The monoisotopic (exact) mass is 390 g/mol. The largest absolute Gasteiger partial charge is 0.344 e. The van der Waals surface area contributed by atoms with Gasteiger partial charge in [-0.3, -0.25) is 9.78 Å². The van der Waals surface area contributed by atoms with Crippen LogP contribution in [-0.2, 0) is 10.2 Å². The maximum atomic E-state index is 12.7. The highest BCUT2D eigenvalue weighted by molar-refractivity contribution is 8.00. The van der Waals surface area contributed by atoms with Crippen LogP contribution in [0.4, 0.5) is 0 Å². The molecule has 4 heteroatoms. The van der Waals surface area contributed by atoms with E-state index in [-0.39, 0.29) is 17.4 Å². The van der Waals surface area contributed by atoms with E-state index in [2.05, 4.69) is 55.3 Å². The number of pyridine rings is 1. The predicted molar refractivity (Wildman–Crippen MR) is 117 cm³/mol. The maximum Gasteiger partial charge on any atom is 0.231 e. The van der Waals surface area contributed by atoms with Gasteiger partial charge in [0.05, 0.1) is 11.8 Å². The third kappa shape index (κ3) is 5.46. The van der Waals surface area contributed by atoms with Gasteiger partial charge in [-0.15, -0.1) is 11.8 Å². The quantitative estimate of drug-likeness (QED) is 0.575.